The van der Waals surface area contributed by atoms with Crippen molar-refractivity contribution in [1.82, 2.24) is 10.2 Å². The first kappa shape index (κ1) is 19.2. The van der Waals surface area contributed by atoms with Crippen LogP contribution in [0.3, 0.4) is 0 Å². The highest BCUT2D eigenvalue weighted by atomic mass is 19.4. The first-order valence-corrected chi connectivity index (χ1v) is 8.44. The third kappa shape index (κ3) is 5.70. The predicted octanol–water partition coefficient (Wildman–Crippen LogP) is 4.28. The van der Waals surface area contributed by atoms with Gasteiger partial charge in [0.25, 0.3) is 0 Å². The Morgan fingerprint density at radius 2 is 1.96 bits per heavy atom. The summed E-state index contributed by atoms with van der Waals surface area (Å²) in [6, 6.07) is 4.89. The molecule has 2 rings (SSSR count). The lowest BCUT2D eigenvalue weighted by atomic mass is 9.87. The second kappa shape index (κ2) is 8.28. The van der Waals surface area contributed by atoms with Crippen molar-refractivity contribution >= 4 is 6.03 Å². The molecule has 3 nitrogen and oxygen atoms in total. The molecule has 0 heterocycles. The standard InChI is InChI=1S/C19H23F3N2O/c1-14-8-10-17(11-9-14)24(2)18(25)23-12-4-6-15-5-3-7-16(13-15)19(20,21)22/h3,5,7,13-14,17H,8-12H2,1-2H3,(H,23,25). The van der Waals surface area contributed by atoms with Crippen molar-refractivity contribution < 1.29 is 18.0 Å². The molecule has 1 fully saturated rings. The molecule has 136 valence electrons. The van der Waals surface area contributed by atoms with E-state index in [2.05, 4.69) is 24.1 Å². The number of urea groups is 1. The van der Waals surface area contributed by atoms with Crippen LogP contribution in [0.2, 0.25) is 0 Å². The fourth-order valence-corrected chi connectivity index (χ4v) is 2.96. The summed E-state index contributed by atoms with van der Waals surface area (Å²) in [4.78, 5) is 13.8. The third-order valence-corrected chi connectivity index (χ3v) is 4.60. The van der Waals surface area contributed by atoms with Crippen LogP contribution in [0.1, 0.15) is 43.7 Å². The van der Waals surface area contributed by atoms with E-state index in [9.17, 15) is 18.0 Å². The average Bonchev–Trinajstić information content (AvgIpc) is 2.58. The molecule has 0 aliphatic heterocycles. The maximum Gasteiger partial charge on any atom is 0.416 e. The van der Waals surface area contributed by atoms with Crippen LogP contribution < -0.4 is 5.32 Å². The van der Waals surface area contributed by atoms with Crippen molar-refractivity contribution in [2.75, 3.05) is 13.6 Å². The van der Waals surface area contributed by atoms with Gasteiger partial charge in [0, 0.05) is 18.7 Å². The SMILES string of the molecule is CC1CCC(N(C)C(=O)NCC#Cc2cccc(C(F)(F)F)c2)CC1. The molecule has 2 amide bonds. The van der Waals surface area contributed by atoms with Crippen LogP contribution in [0.5, 0.6) is 0 Å². The zero-order valence-electron chi connectivity index (χ0n) is 14.5. The molecule has 0 saturated heterocycles. The molecule has 1 N–H and O–H groups in total. The number of carbonyl (C=O) groups is 1. The van der Waals surface area contributed by atoms with Crippen LogP contribution in [-0.4, -0.2) is 30.6 Å². The first-order valence-electron chi connectivity index (χ1n) is 8.44. The Morgan fingerprint density at radius 1 is 1.28 bits per heavy atom. The average molecular weight is 352 g/mol. The van der Waals surface area contributed by atoms with E-state index in [1.807, 2.05) is 0 Å². The summed E-state index contributed by atoms with van der Waals surface area (Å²) >= 11 is 0. The van der Waals surface area contributed by atoms with Crippen molar-refractivity contribution in [1.29, 1.82) is 0 Å². The van der Waals surface area contributed by atoms with Crippen molar-refractivity contribution in [2.24, 2.45) is 5.92 Å². The summed E-state index contributed by atoms with van der Waals surface area (Å²) < 4.78 is 37.9. The molecule has 1 aliphatic carbocycles. The number of amides is 2. The van der Waals surface area contributed by atoms with Crippen LogP contribution in [0.15, 0.2) is 24.3 Å². The maximum atomic E-state index is 12.6. The zero-order valence-corrected chi connectivity index (χ0v) is 14.5. The van der Waals surface area contributed by atoms with E-state index in [1.54, 1.807) is 11.9 Å². The molecule has 6 heteroatoms. The Labute approximate surface area is 146 Å². The van der Waals surface area contributed by atoms with Gasteiger partial charge in [0.1, 0.15) is 0 Å². The Kier molecular flexibility index (Phi) is 6.35. The van der Waals surface area contributed by atoms with E-state index in [4.69, 9.17) is 0 Å². The summed E-state index contributed by atoms with van der Waals surface area (Å²) in [7, 11) is 1.77. The fraction of sp³-hybridized carbons (Fsp3) is 0.526. The highest BCUT2D eigenvalue weighted by molar-refractivity contribution is 5.74. The normalized spacial score (nSPS) is 20.4. The maximum absolute atomic E-state index is 12.6. The Morgan fingerprint density at radius 3 is 2.60 bits per heavy atom. The number of carbonyl (C=O) groups excluding carboxylic acids is 1. The summed E-state index contributed by atoms with van der Waals surface area (Å²) in [5.41, 5.74) is -0.451. The lowest BCUT2D eigenvalue weighted by molar-refractivity contribution is -0.137. The van der Waals surface area contributed by atoms with Crippen molar-refractivity contribution in [2.45, 2.75) is 44.8 Å². The molecular weight excluding hydrogens is 329 g/mol. The van der Waals surface area contributed by atoms with Gasteiger partial charge in [0.2, 0.25) is 0 Å². The van der Waals surface area contributed by atoms with Gasteiger partial charge in [-0.2, -0.15) is 13.2 Å². The van der Waals surface area contributed by atoms with Crippen LogP contribution in [-0.2, 0) is 6.18 Å². The zero-order chi connectivity index (χ0) is 18.4. The number of alkyl halides is 3. The van der Waals surface area contributed by atoms with Gasteiger partial charge in [-0.1, -0.05) is 24.8 Å². The van der Waals surface area contributed by atoms with Gasteiger partial charge in [-0.05, 0) is 49.8 Å². The summed E-state index contributed by atoms with van der Waals surface area (Å²) in [6.07, 6.45) is -0.136. The molecule has 0 spiro atoms. The van der Waals surface area contributed by atoms with E-state index in [0.29, 0.717) is 5.92 Å². The topological polar surface area (TPSA) is 32.3 Å². The smallest absolute Gasteiger partial charge is 0.327 e. The van der Waals surface area contributed by atoms with Crippen LogP contribution in [0.25, 0.3) is 0 Å². The molecule has 0 bridgehead atoms. The number of rotatable bonds is 2. The molecule has 1 aliphatic rings. The number of nitrogens with one attached hydrogen (secondary N) is 1. The molecule has 0 aromatic heterocycles. The van der Waals surface area contributed by atoms with Gasteiger partial charge in [-0.3, -0.25) is 0 Å². The monoisotopic (exact) mass is 352 g/mol. The fourth-order valence-electron chi connectivity index (χ4n) is 2.96. The van der Waals surface area contributed by atoms with E-state index in [1.165, 1.54) is 12.1 Å². The Balaban J connectivity index is 1.85. The van der Waals surface area contributed by atoms with Crippen molar-refractivity contribution in [3.05, 3.63) is 35.4 Å². The van der Waals surface area contributed by atoms with Gasteiger partial charge in [0.05, 0.1) is 12.1 Å². The lowest BCUT2D eigenvalue weighted by Crippen LogP contribution is -2.45. The van der Waals surface area contributed by atoms with Crippen LogP contribution >= 0.6 is 0 Å². The highest BCUT2D eigenvalue weighted by Gasteiger charge is 2.30. The van der Waals surface area contributed by atoms with Gasteiger partial charge in [-0.25, -0.2) is 4.79 Å². The summed E-state index contributed by atoms with van der Waals surface area (Å²) in [5, 5.41) is 2.70. The number of benzene rings is 1. The van der Waals surface area contributed by atoms with E-state index in [-0.39, 0.29) is 24.2 Å². The molecule has 1 aromatic rings. The minimum absolute atomic E-state index is 0.0997. The molecule has 1 aromatic carbocycles. The number of halogens is 3. The molecule has 0 atom stereocenters. The number of hydrogen-bond acceptors (Lipinski definition) is 1. The minimum Gasteiger partial charge on any atom is -0.327 e. The highest BCUT2D eigenvalue weighted by Crippen LogP contribution is 2.29. The largest absolute Gasteiger partial charge is 0.416 e. The van der Waals surface area contributed by atoms with Gasteiger partial charge in [-0.15, -0.1) is 0 Å². The Hall–Kier alpha value is -2.16. The lowest BCUT2D eigenvalue weighted by Gasteiger charge is -2.33. The van der Waals surface area contributed by atoms with Crippen molar-refractivity contribution in [3.63, 3.8) is 0 Å². The number of nitrogens with zero attached hydrogens (tertiary/aromatic N) is 1. The second-order valence-corrected chi connectivity index (χ2v) is 6.56. The molecule has 0 unspecified atom stereocenters. The summed E-state index contributed by atoms with van der Waals surface area (Å²) in [6.45, 7) is 2.32. The second-order valence-electron chi connectivity index (χ2n) is 6.56. The van der Waals surface area contributed by atoms with Crippen molar-refractivity contribution in [3.8, 4) is 11.8 Å². The quantitative estimate of drug-likeness (QED) is 0.792. The predicted molar refractivity (Wildman–Crippen MR) is 90.9 cm³/mol. The van der Waals surface area contributed by atoms with E-state index < -0.39 is 11.7 Å². The van der Waals surface area contributed by atoms with Crippen LogP contribution in [0, 0.1) is 17.8 Å². The molecular formula is C19H23F3N2O. The third-order valence-electron chi connectivity index (χ3n) is 4.60. The molecule has 1 saturated carbocycles. The Bertz CT molecular complexity index is 653. The van der Waals surface area contributed by atoms with E-state index >= 15 is 0 Å². The van der Waals surface area contributed by atoms with Gasteiger partial charge < -0.3 is 10.2 Å². The van der Waals surface area contributed by atoms with E-state index in [0.717, 1.165) is 37.8 Å². The summed E-state index contributed by atoms with van der Waals surface area (Å²) in [5.74, 6) is 6.07. The van der Waals surface area contributed by atoms with Gasteiger partial charge in [0.15, 0.2) is 0 Å². The molecule has 25 heavy (non-hydrogen) atoms. The molecule has 0 radical (unpaired) electrons. The number of hydrogen-bond donors (Lipinski definition) is 1. The van der Waals surface area contributed by atoms with Crippen LogP contribution in [0.4, 0.5) is 18.0 Å². The first-order chi connectivity index (χ1) is 11.8. The van der Waals surface area contributed by atoms with Gasteiger partial charge >= 0.3 is 12.2 Å². The minimum atomic E-state index is -4.38.